The fourth-order valence-electron chi connectivity index (χ4n) is 2.08. The molecule has 136 valence electrons. The molecule has 0 aromatic carbocycles. The van der Waals surface area contributed by atoms with E-state index in [0.29, 0.717) is 13.2 Å². The van der Waals surface area contributed by atoms with Crippen molar-refractivity contribution in [3.63, 3.8) is 0 Å². The normalized spacial score (nSPS) is 13.3. The lowest BCUT2D eigenvalue weighted by atomic mass is 10.0. The highest BCUT2D eigenvalue weighted by molar-refractivity contribution is 5.79. The molecule has 0 saturated carbocycles. The number of carbonyl (C=O) groups is 2. The molecule has 0 radical (unpaired) electrons. The SMILES string of the molecule is COCC(CCCNC(=O)OC(C)(C)C)NC(C)(C)C(=O)OC. The molecule has 7 heteroatoms. The first-order valence-corrected chi connectivity index (χ1v) is 7.83. The number of carbonyl (C=O) groups excluding carboxylic acids is 2. The Morgan fingerprint density at radius 2 is 1.70 bits per heavy atom. The lowest BCUT2D eigenvalue weighted by molar-refractivity contribution is -0.147. The molecule has 0 aromatic heterocycles. The predicted octanol–water partition coefficient (Wildman–Crippen LogP) is 1.85. The number of esters is 1. The van der Waals surface area contributed by atoms with Crippen LogP contribution in [0.25, 0.3) is 0 Å². The standard InChI is InChI=1S/C16H32N2O5/c1-15(2,3)23-14(20)17-10-8-9-12(11-21-6)18-16(4,5)13(19)22-7/h12,18H,8-11H2,1-7H3,(H,17,20). The Labute approximate surface area is 139 Å². The minimum atomic E-state index is -0.795. The third-order valence-electron chi connectivity index (χ3n) is 3.03. The van der Waals surface area contributed by atoms with Gasteiger partial charge in [0, 0.05) is 19.7 Å². The topological polar surface area (TPSA) is 85.9 Å². The highest BCUT2D eigenvalue weighted by Crippen LogP contribution is 2.10. The van der Waals surface area contributed by atoms with Gasteiger partial charge in [-0.2, -0.15) is 0 Å². The van der Waals surface area contributed by atoms with Gasteiger partial charge in [0.2, 0.25) is 0 Å². The van der Waals surface area contributed by atoms with Gasteiger partial charge in [0.05, 0.1) is 13.7 Å². The Morgan fingerprint density at radius 3 is 2.17 bits per heavy atom. The molecule has 0 aromatic rings. The van der Waals surface area contributed by atoms with E-state index in [0.717, 1.165) is 12.8 Å². The largest absolute Gasteiger partial charge is 0.468 e. The summed E-state index contributed by atoms with van der Waals surface area (Å²) in [7, 11) is 2.97. The molecule has 1 atom stereocenters. The summed E-state index contributed by atoms with van der Waals surface area (Å²) in [6, 6.07) is -0.0189. The van der Waals surface area contributed by atoms with Crippen LogP contribution >= 0.6 is 0 Å². The Kier molecular flexibility index (Phi) is 9.16. The van der Waals surface area contributed by atoms with E-state index < -0.39 is 17.2 Å². The maximum absolute atomic E-state index is 11.7. The van der Waals surface area contributed by atoms with Gasteiger partial charge in [-0.1, -0.05) is 0 Å². The zero-order valence-electron chi connectivity index (χ0n) is 15.4. The van der Waals surface area contributed by atoms with Gasteiger partial charge < -0.3 is 19.5 Å². The molecule has 0 heterocycles. The maximum atomic E-state index is 11.7. The molecule has 7 nitrogen and oxygen atoms in total. The van der Waals surface area contributed by atoms with Gasteiger partial charge in [-0.25, -0.2) is 4.79 Å². The second-order valence-electron chi connectivity index (χ2n) is 6.98. The minimum Gasteiger partial charge on any atom is -0.468 e. The van der Waals surface area contributed by atoms with Crippen molar-refractivity contribution in [2.75, 3.05) is 27.4 Å². The molecule has 1 unspecified atom stereocenters. The molecule has 2 N–H and O–H groups in total. The van der Waals surface area contributed by atoms with E-state index in [4.69, 9.17) is 14.2 Å². The summed E-state index contributed by atoms with van der Waals surface area (Å²) in [4.78, 5) is 23.3. The molecule has 0 fully saturated rings. The molecule has 0 bridgehead atoms. The zero-order valence-corrected chi connectivity index (χ0v) is 15.4. The van der Waals surface area contributed by atoms with Crippen LogP contribution < -0.4 is 10.6 Å². The van der Waals surface area contributed by atoms with E-state index in [2.05, 4.69) is 10.6 Å². The molecule has 0 rings (SSSR count). The van der Waals surface area contributed by atoms with Crippen molar-refractivity contribution in [2.24, 2.45) is 0 Å². The first-order chi connectivity index (χ1) is 10.5. The molecule has 0 aliphatic carbocycles. The maximum Gasteiger partial charge on any atom is 0.407 e. The van der Waals surface area contributed by atoms with Crippen molar-refractivity contribution in [3.8, 4) is 0 Å². The van der Waals surface area contributed by atoms with E-state index in [1.54, 1.807) is 21.0 Å². The minimum absolute atomic E-state index is 0.0189. The third kappa shape index (κ3) is 10.1. The average Bonchev–Trinajstić information content (AvgIpc) is 2.40. The van der Waals surface area contributed by atoms with Crippen LogP contribution in [0, 0.1) is 0 Å². The molecule has 1 amide bonds. The van der Waals surface area contributed by atoms with Crippen LogP contribution in [0.2, 0.25) is 0 Å². The molecular weight excluding hydrogens is 300 g/mol. The quantitative estimate of drug-likeness (QED) is 0.495. The summed E-state index contributed by atoms with van der Waals surface area (Å²) >= 11 is 0. The number of ether oxygens (including phenoxy) is 3. The molecule has 0 aliphatic rings. The third-order valence-corrected chi connectivity index (χ3v) is 3.03. The van der Waals surface area contributed by atoms with Crippen LogP contribution in [0.1, 0.15) is 47.5 Å². The highest BCUT2D eigenvalue weighted by atomic mass is 16.6. The number of alkyl carbamates (subject to hydrolysis) is 1. The second kappa shape index (κ2) is 9.72. The van der Waals surface area contributed by atoms with E-state index in [-0.39, 0.29) is 12.0 Å². The smallest absolute Gasteiger partial charge is 0.407 e. The van der Waals surface area contributed by atoms with E-state index in [1.807, 2.05) is 20.8 Å². The highest BCUT2D eigenvalue weighted by Gasteiger charge is 2.30. The Morgan fingerprint density at radius 1 is 1.09 bits per heavy atom. The van der Waals surface area contributed by atoms with Gasteiger partial charge in [0.1, 0.15) is 11.1 Å². The predicted molar refractivity (Wildman–Crippen MR) is 88.4 cm³/mol. The van der Waals surface area contributed by atoms with Crippen LogP contribution in [0.4, 0.5) is 4.79 Å². The van der Waals surface area contributed by atoms with Gasteiger partial charge in [0.15, 0.2) is 0 Å². The van der Waals surface area contributed by atoms with Crippen LogP contribution in [0.5, 0.6) is 0 Å². The van der Waals surface area contributed by atoms with Gasteiger partial charge in [-0.05, 0) is 47.5 Å². The molecule has 0 aliphatic heterocycles. The molecule has 0 saturated heterocycles. The lowest BCUT2D eigenvalue weighted by Gasteiger charge is -2.29. The van der Waals surface area contributed by atoms with Crippen molar-refractivity contribution in [3.05, 3.63) is 0 Å². The number of nitrogens with one attached hydrogen (secondary N) is 2. The summed E-state index contributed by atoms with van der Waals surface area (Å²) in [6.07, 6.45) is 1.05. The van der Waals surface area contributed by atoms with Crippen molar-refractivity contribution < 1.29 is 23.8 Å². The zero-order chi connectivity index (χ0) is 18.1. The van der Waals surface area contributed by atoms with Gasteiger partial charge in [-0.15, -0.1) is 0 Å². The van der Waals surface area contributed by atoms with Crippen LogP contribution in [-0.2, 0) is 19.0 Å². The Bertz CT molecular complexity index is 377. The fraction of sp³-hybridized carbons (Fsp3) is 0.875. The number of hydrogen-bond donors (Lipinski definition) is 2. The van der Waals surface area contributed by atoms with Crippen molar-refractivity contribution in [1.82, 2.24) is 10.6 Å². The lowest BCUT2D eigenvalue weighted by Crippen LogP contribution is -2.53. The van der Waals surface area contributed by atoms with Gasteiger partial charge >= 0.3 is 12.1 Å². The first-order valence-electron chi connectivity index (χ1n) is 7.83. The Balaban J connectivity index is 4.25. The number of hydrogen-bond acceptors (Lipinski definition) is 6. The van der Waals surface area contributed by atoms with E-state index >= 15 is 0 Å². The summed E-state index contributed by atoms with van der Waals surface area (Å²) in [5, 5.41) is 5.94. The molecule has 23 heavy (non-hydrogen) atoms. The van der Waals surface area contributed by atoms with E-state index in [9.17, 15) is 9.59 Å². The van der Waals surface area contributed by atoms with Gasteiger partial charge in [-0.3, -0.25) is 10.1 Å². The van der Waals surface area contributed by atoms with Crippen LogP contribution in [0.3, 0.4) is 0 Å². The summed E-state index contributed by atoms with van der Waals surface area (Å²) in [6.45, 7) is 9.95. The Hall–Kier alpha value is -1.34. The molecule has 0 spiro atoms. The first kappa shape index (κ1) is 21.7. The van der Waals surface area contributed by atoms with Gasteiger partial charge in [0.25, 0.3) is 0 Å². The van der Waals surface area contributed by atoms with E-state index in [1.165, 1.54) is 7.11 Å². The summed E-state index contributed by atoms with van der Waals surface area (Å²) in [5.74, 6) is -0.328. The molecular formula is C16H32N2O5. The van der Waals surface area contributed by atoms with Crippen molar-refractivity contribution >= 4 is 12.1 Å². The number of methoxy groups -OCH3 is 2. The number of amides is 1. The fourth-order valence-corrected chi connectivity index (χ4v) is 2.08. The summed E-state index contributed by atoms with van der Waals surface area (Å²) in [5.41, 5.74) is -1.30. The van der Waals surface area contributed by atoms with Crippen LogP contribution in [0.15, 0.2) is 0 Å². The van der Waals surface area contributed by atoms with Crippen LogP contribution in [-0.4, -0.2) is 56.6 Å². The summed E-state index contributed by atoms with van der Waals surface area (Å²) < 4.78 is 15.1. The average molecular weight is 332 g/mol. The van der Waals surface area contributed by atoms with Crippen molar-refractivity contribution in [2.45, 2.75) is 64.6 Å². The van der Waals surface area contributed by atoms with Crippen molar-refractivity contribution in [1.29, 1.82) is 0 Å². The second-order valence-corrected chi connectivity index (χ2v) is 6.98. The number of rotatable bonds is 9. The monoisotopic (exact) mass is 332 g/mol.